The minimum absolute atomic E-state index is 0.0915. The molecule has 0 radical (unpaired) electrons. The Morgan fingerprint density at radius 2 is 2.11 bits per heavy atom. The van der Waals surface area contributed by atoms with Gasteiger partial charge in [0.25, 0.3) is 5.91 Å². The van der Waals surface area contributed by atoms with Gasteiger partial charge in [0.2, 0.25) is 0 Å². The summed E-state index contributed by atoms with van der Waals surface area (Å²) in [5, 5.41) is 3.43. The zero-order valence-electron chi connectivity index (χ0n) is 10.3. The maximum Gasteiger partial charge on any atom is 0.280 e. The normalized spacial score (nSPS) is 10.3. The Balaban J connectivity index is 1.91. The highest BCUT2D eigenvalue weighted by Gasteiger charge is 2.10. The van der Waals surface area contributed by atoms with Crippen molar-refractivity contribution in [2.75, 3.05) is 0 Å². The fourth-order valence-corrected chi connectivity index (χ4v) is 2.56. The van der Waals surface area contributed by atoms with Gasteiger partial charge in [0.05, 0.1) is 0 Å². The van der Waals surface area contributed by atoms with Crippen LogP contribution in [0.15, 0.2) is 36.5 Å². The largest absolute Gasteiger partial charge is 0.346 e. The van der Waals surface area contributed by atoms with E-state index in [1.54, 1.807) is 6.20 Å². The molecule has 1 aromatic carbocycles. The van der Waals surface area contributed by atoms with E-state index in [0.717, 1.165) is 18.4 Å². The van der Waals surface area contributed by atoms with Crippen molar-refractivity contribution in [3.63, 3.8) is 0 Å². The molecule has 0 saturated carbocycles. The number of hydrogen-bond acceptors (Lipinski definition) is 3. The van der Waals surface area contributed by atoms with Gasteiger partial charge in [-0.05, 0) is 12.0 Å². The molecule has 2 aromatic rings. The lowest BCUT2D eigenvalue weighted by Gasteiger charge is -2.02. The number of nitrogens with zero attached hydrogens (tertiary/aromatic N) is 1. The van der Waals surface area contributed by atoms with E-state index in [4.69, 9.17) is 0 Å². The number of thiazole rings is 1. The molecule has 0 atom stereocenters. The molecule has 94 valence electrons. The molecule has 0 fully saturated rings. The molecule has 18 heavy (non-hydrogen) atoms. The standard InChI is InChI=1S/C14H16N2OS/c1-2-6-12-10-16-14(18-12)13(17)15-9-11-7-4-3-5-8-11/h3-5,7-8,10H,2,6,9H2,1H3,(H,15,17). The number of amides is 1. The predicted molar refractivity (Wildman–Crippen MR) is 73.7 cm³/mol. The van der Waals surface area contributed by atoms with Gasteiger partial charge >= 0.3 is 0 Å². The number of aryl methyl sites for hydroxylation is 1. The van der Waals surface area contributed by atoms with Crippen LogP contribution in [0.5, 0.6) is 0 Å². The first-order valence-corrected chi connectivity index (χ1v) is 6.88. The summed E-state index contributed by atoms with van der Waals surface area (Å²) < 4.78 is 0. The van der Waals surface area contributed by atoms with Crippen LogP contribution < -0.4 is 5.32 Å². The Bertz CT molecular complexity index is 508. The van der Waals surface area contributed by atoms with Gasteiger partial charge in [-0.2, -0.15) is 0 Å². The average molecular weight is 260 g/mol. The molecule has 0 unspecified atom stereocenters. The summed E-state index contributed by atoms with van der Waals surface area (Å²) >= 11 is 1.48. The first-order valence-electron chi connectivity index (χ1n) is 6.06. The third kappa shape index (κ3) is 3.40. The number of rotatable bonds is 5. The van der Waals surface area contributed by atoms with Gasteiger partial charge in [0.15, 0.2) is 5.01 Å². The highest BCUT2D eigenvalue weighted by molar-refractivity contribution is 7.13. The SMILES string of the molecule is CCCc1cnc(C(=O)NCc2ccccc2)s1. The van der Waals surface area contributed by atoms with Crippen LogP contribution in [0.1, 0.15) is 33.6 Å². The van der Waals surface area contributed by atoms with E-state index in [2.05, 4.69) is 17.2 Å². The first kappa shape index (κ1) is 12.8. The Hall–Kier alpha value is -1.68. The molecule has 1 amide bonds. The Labute approximate surface area is 111 Å². The molecule has 4 heteroatoms. The molecule has 3 nitrogen and oxygen atoms in total. The van der Waals surface area contributed by atoms with Gasteiger partial charge < -0.3 is 5.32 Å². The first-order chi connectivity index (χ1) is 8.79. The fraction of sp³-hybridized carbons (Fsp3) is 0.286. The number of carbonyl (C=O) groups excluding carboxylic acids is 1. The number of nitrogens with one attached hydrogen (secondary N) is 1. The summed E-state index contributed by atoms with van der Waals surface area (Å²) in [6.07, 6.45) is 3.86. The molecule has 0 saturated heterocycles. The summed E-state index contributed by atoms with van der Waals surface area (Å²) in [7, 11) is 0. The molecule has 0 spiro atoms. The van der Waals surface area contributed by atoms with Crippen LogP contribution in [-0.4, -0.2) is 10.9 Å². The highest BCUT2D eigenvalue weighted by Crippen LogP contribution is 2.14. The molecule has 0 aliphatic carbocycles. The molecule has 2 rings (SSSR count). The van der Waals surface area contributed by atoms with Gasteiger partial charge in [-0.15, -0.1) is 11.3 Å². The number of carbonyl (C=O) groups is 1. The lowest BCUT2D eigenvalue weighted by molar-refractivity contribution is 0.0950. The van der Waals surface area contributed by atoms with Crippen LogP contribution >= 0.6 is 11.3 Å². The van der Waals surface area contributed by atoms with Crippen LogP contribution in [0.3, 0.4) is 0 Å². The highest BCUT2D eigenvalue weighted by atomic mass is 32.1. The van der Waals surface area contributed by atoms with E-state index >= 15 is 0 Å². The van der Waals surface area contributed by atoms with E-state index in [-0.39, 0.29) is 5.91 Å². The van der Waals surface area contributed by atoms with Crippen molar-refractivity contribution in [1.82, 2.24) is 10.3 Å². The summed E-state index contributed by atoms with van der Waals surface area (Å²) in [6.45, 7) is 2.66. The van der Waals surface area contributed by atoms with E-state index in [0.29, 0.717) is 11.6 Å². The van der Waals surface area contributed by atoms with Crippen molar-refractivity contribution in [3.8, 4) is 0 Å². The zero-order valence-corrected chi connectivity index (χ0v) is 11.2. The van der Waals surface area contributed by atoms with Gasteiger partial charge in [0, 0.05) is 17.6 Å². The van der Waals surface area contributed by atoms with Crippen molar-refractivity contribution in [2.45, 2.75) is 26.3 Å². The van der Waals surface area contributed by atoms with Crippen LogP contribution in [0.4, 0.5) is 0 Å². The summed E-state index contributed by atoms with van der Waals surface area (Å²) in [5.74, 6) is -0.0915. The van der Waals surface area contributed by atoms with Gasteiger partial charge in [0.1, 0.15) is 0 Å². The number of hydrogen-bond donors (Lipinski definition) is 1. The van der Waals surface area contributed by atoms with Crippen molar-refractivity contribution in [3.05, 3.63) is 52.0 Å². The lowest BCUT2D eigenvalue weighted by atomic mass is 10.2. The second-order valence-corrected chi connectivity index (χ2v) is 5.17. The maximum absolute atomic E-state index is 11.9. The topological polar surface area (TPSA) is 42.0 Å². The van der Waals surface area contributed by atoms with Crippen molar-refractivity contribution in [2.24, 2.45) is 0 Å². The van der Waals surface area contributed by atoms with E-state index in [1.807, 2.05) is 30.3 Å². The van der Waals surface area contributed by atoms with Gasteiger partial charge in [-0.3, -0.25) is 4.79 Å². The van der Waals surface area contributed by atoms with E-state index in [1.165, 1.54) is 16.2 Å². The Morgan fingerprint density at radius 3 is 2.83 bits per heavy atom. The van der Waals surface area contributed by atoms with Crippen LogP contribution in [0.2, 0.25) is 0 Å². The van der Waals surface area contributed by atoms with E-state index in [9.17, 15) is 4.79 Å². The van der Waals surface area contributed by atoms with Crippen molar-refractivity contribution < 1.29 is 4.79 Å². The van der Waals surface area contributed by atoms with Crippen molar-refractivity contribution >= 4 is 17.2 Å². The third-order valence-electron chi connectivity index (χ3n) is 2.54. The Morgan fingerprint density at radius 1 is 1.33 bits per heavy atom. The summed E-state index contributed by atoms with van der Waals surface area (Å²) in [5.41, 5.74) is 1.09. The molecule has 0 aliphatic heterocycles. The second kappa shape index (κ2) is 6.31. The minimum Gasteiger partial charge on any atom is -0.346 e. The molecule has 1 N–H and O–H groups in total. The molecule has 1 heterocycles. The molecule has 0 aliphatic rings. The zero-order chi connectivity index (χ0) is 12.8. The van der Waals surface area contributed by atoms with Crippen LogP contribution in [0.25, 0.3) is 0 Å². The number of benzene rings is 1. The van der Waals surface area contributed by atoms with Crippen LogP contribution in [0, 0.1) is 0 Å². The van der Waals surface area contributed by atoms with Gasteiger partial charge in [-0.25, -0.2) is 4.98 Å². The number of aromatic nitrogens is 1. The monoisotopic (exact) mass is 260 g/mol. The van der Waals surface area contributed by atoms with Crippen LogP contribution in [-0.2, 0) is 13.0 Å². The lowest BCUT2D eigenvalue weighted by Crippen LogP contribution is -2.22. The third-order valence-corrected chi connectivity index (χ3v) is 3.60. The molecular formula is C14H16N2OS. The quantitative estimate of drug-likeness (QED) is 0.898. The molecule has 1 aromatic heterocycles. The second-order valence-electron chi connectivity index (χ2n) is 4.05. The predicted octanol–water partition coefficient (Wildman–Crippen LogP) is 3.03. The Kier molecular flexibility index (Phi) is 4.47. The van der Waals surface area contributed by atoms with Crippen molar-refractivity contribution in [1.29, 1.82) is 0 Å². The smallest absolute Gasteiger partial charge is 0.280 e. The summed E-state index contributed by atoms with van der Waals surface area (Å²) in [6, 6.07) is 9.87. The maximum atomic E-state index is 11.9. The molecule has 0 bridgehead atoms. The fourth-order valence-electron chi connectivity index (χ4n) is 1.63. The van der Waals surface area contributed by atoms with Gasteiger partial charge in [-0.1, -0.05) is 43.7 Å². The van der Waals surface area contributed by atoms with E-state index < -0.39 is 0 Å². The minimum atomic E-state index is -0.0915. The summed E-state index contributed by atoms with van der Waals surface area (Å²) in [4.78, 5) is 17.2. The molecular weight excluding hydrogens is 244 g/mol. The average Bonchev–Trinajstić information content (AvgIpc) is 2.86.